The van der Waals surface area contributed by atoms with Crippen LogP contribution in [0.3, 0.4) is 0 Å². The average Bonchev–Trinajstić information content (AvgIpc) is 3.49. The number of fused-ring (bicyclic) bond motifs is 1. The fraction of sp³-hybridized carbons (Fsp3) is 0.143. The van der Waals surface area contributed by atoms with E-state index in [1.165, 1.54) is 12.1 Å². The molecule has 5 rings (SSSR count). The Hall–Kier alpha value is -4.01. The maximum Gasteiger partial charge on any atom is 0.306 e. The van der Waals surface area contributed by atoms with Crippen molar-refractivity contribution in [3.8, 4) is 22.6 Å². The van der Waals surface area contributed by atoms with Gasteiger partial charge in [0, 0.05) is 43.4 Å². The van der Waals surface area contributed by atoms with Gasteiger partial charge >= 0.3 is 5.84 Å². The minimum Gasteiger partial charge on any atom is -0.432 e. The van der Waals surface area contributed by atoms with Gasteiger partial charge in [0.2, 0.25) is 5.95 Å². The Bertz CT molecular complexity index is 1260. The minimum absolute atomic E-state index is 0.299. The number of aryl methyl sites for hydroxylation is 1. The van der Waals surface area contributed by atoms with Crippen molar-refractivity contribution in [1.29, 1.82) is 0 Å². The summed E-state index contributed by atoms with van der Waals surface area (Å²) in [7, 11) is 0. The number of halogens is 1. The lowest BCUT2D eigenvalue weighted by atomic mass is 10.1. The van der Waals surface area contributed by atoms with Crippen LogP contribution in [0.4, 0.5) is 10.3 Å². The van der Waals surface area contributed by atoms with Crippen molar-refractivity contribution in [2.45, 2.75) is 13.0 Å². The normalized spacial score (nSPS) is 11.2. The number of oxazole rings is 1. The Morgan fingerprint density at radius 2 is 1.93 bits per heavy atom. The lowest BCUT2D eigenvalue weighted by Crippen LogP contribution is -2.08. The number of aromatic nitrogens is 6. The first-order valence-electron chi connectivity index (χ1n) is 9.52. The highest BCUT2D eigenvalue weighted by Gasteiger charge is 2.19. The summed E-state index contributed by atoms with van der Waals surface area (Å²) in [5, 5.41) is 3.26. The standard InChI is InChI=1S/C21H18FN7O/c22-16-4-2-15(3-5-16)18-19(29-12-13-30-21(29)27-18)17-6-8-25-20(26-17)24-7-1-10-28-11-9-23-14-28/h2-6,8-9,11-14H,1,7,10H2,(H,24,25,26). The molecule has 0 radical (unpaired) electrons. The van der Waals surface area contributed by atoms with Gasteiger partial charge in [-0.25, -0.2) is 19.3 Å². The third-order valence-electron chi connectivity index (χ3n) is 4.71. The maximum atomic E-state index is 13.4. The lowest BCUT2D eigenvalue weighted by Gasteiger charge is -2.08. The Morgan fingerprint density at radius 1 is 1.03 bits per heavy atom. The first kappa shape index (κ1) is 18.0. The number of anilines is 1. The average molecular weight is 403 g/mol. The molecule has 0 saturated carbocycles. The van der Waals surface area contributed by atoms with Gasteiger partial charge < -0.3 is 14.3 Å². The van der Waals surface area contributed by atoms with Crippen molar-refractivity contribution >= 4 is 11.8 Å². The van der Waals surface area contributed by atoms with Crippen molar-refractivity contribution in [2.24, 2.45) is 0 Å². The van der Waals surface area contributed by atoms with Gasteiger partial charge in [-0.1, -0.05) is 0 Å². The summed E-state index contributed by atoms with van der Waals surface area (Å²) >= 11 is 0. The summed E-state index contributed by atoms with van der Waals surface area (Å²) in [6.45, 7) is 1.58. The number of imidazole rings is 2. The fourth-order valence-corrected chi connectivity index (χ4v) is 3.30. The molecule has 150 valence electrons. The Kier molecular flexibility index (Phi) is 4.68. The molecule has 0 aliphatic heterocycles. The molecule has 9 heteroatoms. The number of nitrogens with zero attached hydrogens (tertiary/aromatic N) is 6. The molecule has 0 spiro atoms. The van der Waals surface area contributed by atoms with E-state index >= 15 is 0 Å². The second-order valence-corrected chi connectivity index (χ2v) is 6.72. The van der Waals surface area contributed by atoms with Gasteiger partial charge in [0.05, 0.1) is 12.0 Å². The smallest absolute Gasteiger partial charge is 0.306 e. The summed E-state index contributed by atoms with van der Waals surface area (Å²) in [6.07, 6.45) is 11.5. The van der Waals surface area contributed by atoms with Crippen LogP contribution in [0, 0.1) is 5.82 Å². The fourth-order valence-electron chi connectivity index (χ4n) is 3.30. The summed E-state index contributed by atoms with van der Waals surface area (Å²) < 4.78 is 22.7. The monoisotopic (exact) mass is 403 g/mol. The highest BCUT2D eigenvalue weighted by molar-refractivity contribution is 5.79. The topological polar surface area (TPSA) is 86.1 Å². The molecule has 1 N–H and O–H groups in total. The van der Waals surface area contributed by atoms with E-state index in [0.29, 0.717) is 23.2 Å². The van der Waals surface area contributed by atoms with E-state index in [0.717, 1.165) is 30.8 Å². The van der Waals surface area contributed by atoms with Crippen molar-refractivity contribution < 1.29 is 8.81 Å². The van der Waals surface area contributed by atoms with Gasteiger partial charge in [0.1, 0.15) is 23.5 Å². The van der Waals surface area contributed by atoms with Gasteiger partial charge in [-0.15, -0.1) is 0 Å². The molecule has 8 nitrogen and oxygen atoms in total. The molecule has 1 aromatic carbocycles. The van der Waals surface area contributed by atoms with Gasteiger partial charge in [0.25, 0.3) is 0 Å². The minimum atomic E-state index is -0.299. The van der Waals surface area contributed by atoms with Gasteiger partial charge in [0.15, 0.2) is 0 Å². The predicted molar refractivity (Wildman–Crippen MR) is 109 cm³/mol. The van der Waals surface area contributed by atoms with Crippen LogP contribution < -0.4 is 5.32 Å². The SMILES string of the molecule is Fc1ccc(-c2nc3occn3c2-c2ccnc(NCCCn3ccnc3)n2)cc1. The third kappa shape index (κ3) is 3.52. The summed E-state index contributed by atoms with van der Waals surface area (Å²) in [5.74, 6) is 0.673. The second-order valence-electron chi connectivity index (χ2n) is 6.72. The molecule has 0 aliphatic rings. The second kappa shape index (κ2) is 7.78. The predicted octanol–water partition coefficient (Wildman–Crippen LogP) is 3.89. The van der Waals surface area contributed by atoms with Crippen LogP contribution >= 0.6 is 0 Å². The van der Waals surface area contributed by atoms with Crippen LogP contribution in [-0.2, 0) is 6.54 Å². The number of hydrogen-bond acceptors (Lipinski definition) is 6. The Morgan fingerprint density at radius 3 is 2.77 bits per heavy atom. The first-order chi connectivity index (χ1) is 14.8. The molecule has 30 heavy (non-hydrogen) atoms. The van der Waals surface area contributed by atoms with E-state index in [1.807, 2.05) is 21.2 Å². The molecule has 5 aromatic rings. The molecule has 0 fully saturated rings. The largest absolute Gasteiger partial charge is 0.432 e. The van der Waals surface area contributed by atoms with Gasteiger partial charge in [-0.3, -0.25) is 4.40 Å². The van der Waals surface area contributed by atoms with E-state index < -0.39 is 0 Å². The van der Waals surface area contributed by atoms with Crippen LogP contribution in [0.1, 0.15) is 6.42 Å². The molecule has 0 unspecified atom stereocenters. The van der Waals surface area contributed by atoms with E-state index in [2.05, 4.69) is 25.3 Å². The van der Waals surface area contributed by atoms with Crippen LogP contribution in [0.25, 0.3) is 28.5 Å². The summed E-state index contributed by atoms with van der Waals surface area (Å²) in [5.41, 5.74) is 2.89. The highest BCUT2D eigenvalue weighted by atomic mass is 19.1. The van der Waals surface area contributed by atoms with Crippen molar-refractivity contribution in [2.75, 3.05) is 11.9 Å². The Labute approximate surface area is 171 Å². The summed E-state index contributed by atoms with van der Waals surface area (Å²) in [6, 6.07) is 8.02. The molecule has 0 atom stereocenters. The highest BCUT2D eigenvalue weighted by Crippen LogP contribution is 2.32. The maximum absolute atomic E-state index is 13.4. The summed E-state index contributed by atoms with van der Waals surface area (Å²) in [4.78, 5) is 17.6. The van der Waals surface area contributed by atoms with Crippen LogP contribution in [-0.4, -0.2) is 35.4 Å². The van der Waals surface area contributed by atoms with E-state index in [4.69, 9.17) is 4.42 Å². The van der Waals surface area contributed by atoms with Crippen LogP contribution in [0.5, 0.6) is 0 Å². The molecule has 0 amide bonds. The van der Waals surface area contributed by atoms with Crippen molar-refractivity contribution in [1.82, 2.24) is 28.9 Å². The van der Waals surface area contributed by atoms with Crippen molar-refractivity contribution in [3.63, 3.8) is 0 Å². The number of nitrogens with one attached hydrogen (secondary N) is 1. The Balaban J connectivity index is 1.42. The van der Waals surface area contributed by atoms with Gasteiger partial charge in [-0.05, 0) is 36.8 Å². The zero-order valence-electron chi connectivity index (χ0n) is 15.9. The quantitative estimate of drug-likeness (QED) is 0.415. The molecular formula is C21H18FN7O. The number of hydrogen-bond donors (Lipinski definition) is 1. The molecular weight excluding hydrogens is 385 g/mol. The molecule has 4 aromatic heterocycles. The third-order valence-corrected chi connectivity index (χ3v) is 4.71. The van der Waals surface area contributed by atoms with Crippen LogP contribution in [0.2, 0.25) is 0 Å². The van der Waals surface area contributed by atoms with E-state index in [9.17, 15) is 4.39 Å². The molecule has 4 heterocycles. The number of rotatable bonds is 7. The zero-order valence-corrected chi connectivity index (χ0v) is 15.9. The zero-order chi connectivity index (χ0) is 20.3. The first-order valence-corrected chi connectivity index (χ1v) is 9.52. The van der Waals surface area contributed by atoms with Crippen molar-refractivity contribution in [3.05, 3.63) is 73.5 Å². The van der Waals surface area contributed by atoms with E-state index in [-0.39, 0.29) is 5.82 Å². The van der Waals surface area contributed by atoms with Crippen LogP contribution in [0.15, 0.2) is 72.1 Å². The molecule has 0 bridgehead atoms. The lowest BCUT2D eigenvalue weighted by molar-refractivity contribution is 0.596. The van der Waals surface area contributed by atoms with E-state index in [1.54, 1.807) is 43.3 Å². The molecule has 0 aliphatic carbocycles. The molecule has 0 saturated heterocycles. The number of benzene rings is 1. The van der Waals surface area contributed by atoms with Gasteiger partial charge in [-0.2, -0.15) is 4.98 Å².